The highest BCUT2D eigenvalue weighted by molar-refractivity contribution is 5.79. The number of alkyl halides is 3. The van der Waals surface area contributed by atoms with E-state index in [0.717, 1.165) is 17.6 Å². The van der Waals surface area contributed by atoms with Gasteiger partial charge < -0.3 is 4.98 Å². The van der Waals surface area contributed by atoms with Crippen molar-refractivity contribution in [1.29, 1.82) is 5.26 Å². The number of halogens is 3. The first-order valence-corrected chi connectivity index (χ1v) is 6.05. The first kappa shape index (κ1) is 13.2. The smallest absolute Gasteiger partial charge is 0.338 e. The van der Waals surface area contributed by atoms with Crippen molar-refractivity contribution in [3.8, 4) is 17.5 Å². The van der Waals surface area contributed by atoms with Gasteiger partial charge in [-0.3, -0.25) is 0 Å². The van der Waals surface area contributed by atoms with Gasteiger partial charge in [0.2, 0.25) is 0 Å². The van der Waals surface area contributed by atoms with Gasteiger partial charge in [0.15, 0.2) is 0 Å². The molecular weight excluding hydrogens is 279 g/mol. The van der Waals surface area contributed by atoms with Crippen molar-refractivity contribution >= 4 is 11.0 Å². The number of fused-ring (bicyclic) bond motifs is 1. The van der Waals surface area contributed by atoms with Crippen LogP contribution in [-0.2, 0) is 6.18 Å². The van der Waals surface area contributed by atoms with Gasteiger partial charge in [0, 0.05) is 5.56 Å². The number of rotatable bonds is 1. The van der Waals surface area contributed by atoms with Crippen molar-refractivity contribution in [3.05, 3.63) is 53.6 Å². The Morgan fingerprint density at radius 1 is 1.10 bits per heavy atom. The molecule has 0 bridgehead atoms. The molecule has 0 aliphatic rings. The zero-order valence-corrected chi connectivity index (χ0v) is 10.6. The lowest BCUT2D eigenvalue weighted by Gasteiger charge is -2.09. The molecule has 1 N–H and O–H groups in total. The summed E-state index contributed by atoms with van der Waals surface area (Å²) in [5.74, 6) is 0.339. The van der Waals surface area contributed by atoms with Crippen LogP contribution in [0.2, 0.25) is 0 Å². The average molecular weight is 287 g/mol. The number of benzene rings is 2. The van der Waals surface area contributed by atoms with Gasteiger partial charge in [-0.15, -0.1) is 0 Å². The largest absolute Gasteiger partial charge is 0.417 e. The van der Waals surface area contributed by atoms with E-state index in [-0.39, 0.29) is 5.56 Å². The van der Waals surface area contributed by atoms with Crippen molar-refractivity contribution in [2.24, 2.45) is 0 Å². The predicted octanol–water partition coefficient (Wildman–Crippen LogP) is 4.12. The monoisotopic (exact) mass is 287 g/mol. The second-order valence-corrected chi connectivity index (χ2v) is 4.47. The Labute approximate surface area is 117 Å². The summed E-state index contributed by atoms with van der Waals surface area (Å²) >= 11 is 0. The van der Waals surface area contributed by atoms with E-state index in [1.165, 1.54) is 6.07 Å². The first-order valence-electron chi connectivity index (χ1n) is 6.05. The minimum absolute atomic E-state index is 0.289. The molecule has 0 saturated heterocycles. The molecule has 0 amide bonds. The van der Waals surface area contributed by atoms with Crippen LogP contribution < -0.4 is 0 Å². The van der Waals surface area contributed by atoms with Crippen LogP contribution >= 0.6 is 0 Å². The molecular formula is C15H8F3N3. The lowest BCUT2D eigenvalue weighted by atomic mass is 10.0. The lowest BCUT2D eigenvalue weighted by molar-refractivity contribution is -0.137. The van der Waals surface area contributed by atoms with Crippen LogP contribution in [0.5, 0.6) is 0 Å². The molecule has 0 aliphatic heterocycles. The summed E-state index contributed by atoms with van der Waals surface area (Å²) < 4.78 is 38.9. The molecule has 0 spiro atoms. The predicted molar refractivity (Wildman–Crippen MR) is 71.2 cm³/mol. The Bertz CT molecular complexity index is 823. The number of hydrogen-bond acceptors (Lipinski definition) is 2. The zero-order valence-electron chi connectivity index (χ0n) is 10.6. The Hall–Kier alpha value is -2.81. The molecule has 0 radical (unpaired) electrons. The van der Waals surface area contributed by atoms with Crippen LogP contribution in [-0.4, -0.2) is 9.97 Å². The van der Waals surface area contributed by atoms with Crippen molar-refractivity contribution in [2.45, 2.75) is 6.18 Å². The maximum atomic E-state index is 13.0. The van der Waals surface area contributed by atoms with Gasteiger partial charge in [-0.1, -0.05) is 12.1 Å². The molecule has 3 nitrogen and oxygen atoms in total. The maximum Gasteiger partial charge on any atom is 0.417 e. The van der Waals surface area contributed by atoms with E-state index in [9.17, 15) is 13.2 Å². The van der Waals surface area contributed by atoms with Crippen LogP contribution in [0.1, 0.15) is 11.1 Å². The van der Waals surface area contributed by atoms with Crippen LogP contribution in [0.3, 0.4) is 0 Å². The molecule has 0 fully saturated rings. The molecule has 0 unspecified atom stereocenters. The van der Waals surface area contributed by atoms with E-state index >= 15 is 0 Å². The number of nitrogens with zero attached hydrogens (tertiary/aromatic N) is 2. The van der Waals surface area contributed by atoms with Crippen molar-refractivity contribution < 1.29 is 13.2 Å². The fraction of sp³-hybridized carbons (Fsp3) is 0.0667. The van der Waals surface area contributed by atoms with Gasteiger partial charge in [-0.25, -0.2) is 4.98 Å². The molecule has 1 heterocycles. The highest BCUT2D eigenvalue weighted by Crippen LogP contribution is 2.34. The standard InChI is InChI=1S/C15H8F3N3/c16-15(17,18)11-7-9(5-6-10(11)8-19)14-20-12-3-1-2-4-13(12)21-14/h1-7H,(H,20,21). The first-order chi connectivity index (χ1) is 9.99. The van der Waals surface area contributed by atoms with Crippen molar-refractivity contribution in [2.75, 3.05) is 0 Å². The quantitative estimate of drug-likeness (QED) is 0.732. The number of nitrogens with one attached hydrogen (secondary N) is 1. The second kappa shape index (κ2) is 4.63. The molecule has 21 heavy (non-hydrogen) atoms. The normalized spacial score (nSPS) is 11.5. The molecule has 6 heteroatoms. The van der Waals surface area contributed by atoms with E-state index in [2.05, 4.69) is 9.97 Å². The number of H-pyrrole nitrogens is 1. The topological polar surface area (TPSA) is 52.5 Å². The third-order valence-corrected chi connectivity index (χ3v) is 3.11. The maximum absolute atomic E-state index is 13.0. The number of aromatic amines is 1. The number of para-hydroxylation sites is 2. The summed E-state index contributed by atoms with van der Waals surface area (Å²) in [7, 11) is 0. The molecule has 104 valence electrons. The fourth-order valence-corrected chi connectivity index (χ4v) is 2.11. The van der Waals surface area contributed by atoms with E-state index in [4.69, 9.17) is 5.26 Å². The molecule has 3 rings (SSSR count). The van der Waals surface area contributed by atoms with Gasteiger partial charge in [-0.05, 0) is 30.3 Å². The molecule has 0 atom stereocenters. The van der Waals surface area contributed by atoms with Crippen LogP contribution in [0, 0.1) is 11.3 Å². The third kappa shape index (κ3) is 2.34. The summed E-state index contributed by atoms with van der Waals surface area (Å²) in [6, 6.07) is 12.3. The highest BCUT2D eigenvalue weighted by atomic mass is 19.4. The zero-order chi connectivity index (χ0) is 15.0. The van der Waals surface area contributed by atoms with E-state index in [1.807, 2.05) is 6.07 Å². The van der Waals surface area contributed by atoms with Crippen LogP contribution in [0.25, 0.3) is 22.4 Å². The molecule has 0 aliphatic carbocycles. The molecule has 1 aromatic heterocycles. The summed E-state index contributed by atoms with van der Waals surface area (Å²) in [4.78, 5) is 7.22. The third-order valence-electron chi connectivity index (χ3n) is 3.11. The van der Waals surface area contributed by atoms with Crippen molar-refractivity contribution in [1.82, 2.24) is 9.97 Å². The summed E-state index contributed by atoms with van der Waals surface area (Å²) in [6.45, 7) is 0. The Balaban J connectivity index is 2.17. The summed E-state index contributed by atoms with van der Waals surface area (Å²) in [6.07, 6.45) is -4.58. The molecule has 3 aromatic rings. The molecule has 2 aromatic carbocycles. The van der Waals surface area contributed by atoms with Crippen molar-refractivity contribution in [3.63, 3.8) is 0 Å². The second-order valence-electron chi connectivity index (χ2n) is 4.47. The SMILES string of the molecule is N#Cc1ccc(-c2nc3ccccc3[nH]2)cc1C(F)(F)F. The average Bonchev–Trinajstić information content (AvgIpc) is 2.89. The van der Waals surface area contributed by atoms with E-state index < -0.39 is 17.3 Å². The number of hydrogen-bond donors (Lipinski definition) is 1. The Kier molecular flexibility index (Phi) is 2.91. The lowest BCUT2D eigenvalue weighted by Crippen LogP contribution is -2.08. The number of nitriles is 1. The Morgan fingerprint density at radius 2 is 1.86 bits per heavy atom. The fourth-order valence-electron chi connectivity index (χ4n) is 2.11. The Morgan fingerprint density at radius 3 is 2.52 bits per heavy atom. The van der Waals surface area contributed by atoms with Gasteiger partial charge in [0.1, 0.15) is 5.82 Å². The minimum Gasteiger partial charge on any atom is -0.338 e. The van der Waals surface area contributed by atoms with Gasteiger partial charge >= 0.3 is 6.18 Å². The highest BCUT2D eigenvalue weighted by Gasteiger charge is 2.34. The summed E-state index contributed by atoms with van der Waals surface area (Å²) in [5, 5.41) is 8.78. The molecule has 0 saturated carbocycles. The van der Waals surface area contributed by atoms with Gasteiger partial charge in [-0.2, -0.15) is 18.4 Å². The van der Waals surface area contributed by atoms with E-state index in [0.29, 0.717) is 11.3 Å². The van der Waals surface area contributed by atoms with Gasteiger partial charge in [0.25, 0.3) is 0 Å². The summed E-state index contributed by atoms with van der Waals surface area (Å²) in [5.41, 5.74) is 0.346. The number of imidazole rings is 1. The van der Waals surface area contributed by atoms with Crippen LogP contribution in [0.15, 0.2) is 42.5 Å². The van der Waals surface area contributed by atoms with Gasteiger partial charge in [0.05, 0.1) is 28.2 Å². The number of aromatic nitrogens is 2. The minimum atomic E-state index is -4.58. The van der Waals surface area contributed by atoms with Crippen LogP contribution in [0.4, 0.5) is 13.2 Å². The van der Waals surface area contributed by atoms with E-state index in [1.54, 1.807) is 24.3 Å².